The second-order valence-electron chi connectivity index (χ2n) is 6.16. The summed E-state index contributed by atoms with van der Waals surface area (Å²) in [5.41, 5.74) is 1.26. The van der Waals surface area contributed by atoms with Gasteiger partial charge in [-0.3, -0.25) is 9.80 Å². The number of hydrogen-bond acceptors (Lipinski definition) is 4. The standard InChI is InChI=1S/C17H28N2O2/c1-18(11-15-7-3-2-4-8-15)12-17(21)13-19-10-6-5-9-16(19)14-20/h2-4,7-8,16-17,20-21H,5-6,9-14H2,1H3/t16-,17?/m1/s1. The van der Waals surface area contributed by atoms with Gasteiger partial charge in [-0.25, -0.2) is 0 Å². The zero-order valence-corrected chi connectivity index (χ0v) is 13.0. The average Bonchev–Trinajstić information content (AvgIpc) is 2.48. The van der Waals surface area contributed by atoms with E-state index in [1.165, 1.54) is 18.4 Å². The van der Waals surface area contributed by atoms with Gasteiger partial charge in [0.05, 0.1) is 12.7 Å². The number of piperidine rings is 1. The van der Waals surface area contributed by atoms with Gasteiger partial charge in [0, 0.05) is 25.7 Å². The number of aliphatic hydroxyl groups excluding tert-OH is 2. The summed E-state index contributed by atoms with van der Waals surface area (Å²) in [7, 11) is 2.04. The van der Waals surface area contributed by atoms with Crippen LogP contribution in [0.15, 0.2) is 30.3 Å². The Morgan fingerprint density at radius 3 is 2.76 bits per heavy atom. The quantitative estimate of drug-likeness (QED) is 0.796. The smallest absolute Gasteiger partial charge is 0.0793 e. The minimum atomic E-state index is -0.370. The Hall–Kier alpha value is -0.940. The van der Waals surface area contributed by atoms with Gasteiger partial charge < -0.3 is 10.2 Å². The van der Waals surface area contributed by atoms with Crippen LogP contribution >= 0.6 is 0 Å². The Morgan fingerprint density at radius 2 is 2.05 bits per heavy atom. The SMILES string of the molecule is CN(Cc1ccccc1)CC(O)CN1CCCC[C@@H]1CO. The zero-order valence-electron chi connectivity index (χ0n) is 13.0. The van der Waals surface area contributed by atoms with Crippen molar-refractivity contribution >= 4 is 0 Å². The van der Waals surface area contributed by atoms with Gasteiger partial charge in [0.15, 0.2) is 0 Å². The molecule has 4 nitrogen and oxygen atoms in total. The predicted octanol–water partition coefficient (Wildman–Crippen LogP) is 1.33. The molecule has 2 N–H and O–H groups in total. The summed E-state index contributed by atoms with van der Waals surface area (Å²) in [6.07, 6.45) is 3.03. The van der Waals surface area contributed by atoms with Crippen molar-refractivity contribution < 1.29 is 10.2 Å². The van der Waals surface area contributed by atoms with Crippen LogP contribution in [0.1, 0.15) is 24.8 Å². The molecule has 0 saturated carbocycles. The van der Waals surface area contributed by atoms with Crippen LogP contribution in [-0.4, -0.2) is 65.4 Å². The largest absolute Gasteiger partial charge is 0.395 e. The fraction of sp³-hybridized carbons (Fsp3) is 0.647. The molecule has 1 aromatic rings. The van der Waals surface area contributed by atoms with Crippen molar-refractivity contribution in [1.29, 1.82) is 0 Å². The van der Waals surface area contributed by atoms with Crippen molar-refractivity contribution in [2.24, 2.45) is 0 Å². The maximum absolute atomic E-state index is 10.3. The number of β-amino-alcohol motifs (C(OH)–C–C–N with tert-alkyl or cyclic N) is 1. The Morgan fingerprint density at radius 1 is 1.29 bits per heavy atom. The third-order valence-corrected chi connectivity index (χ3v) is 4.22. The minimum absolute atomic E-state index is 0.201. The summed E-state index contributed by atoms with van der Waals surface area (Å²) in [5.74, 6) is 0. The van der Waals surface area contributed by atoms with E-state index in [-0.39, 0.29) is 18.8 Å². The number of nitrogens with zero attached hydrogens (tertiary/aromatic N) is 2. The molecule has 1 aliphatic rings. The number of hydrogen-bond donors (Lipinski definition) is 2. The molecule has 1 fully saturated rings. The number of rotatable bonds is 7. The molecule has 1 aromatic carbocycles. The third kappa shape index (κ3) is 5.40. The van der Waals surface area contributed by atoms with Gasteiger partial charge in [-0.2, -0.15) is 0 Å². The fourth-order valence-corrected chi connectivity index (χ4v) is 3.15. The van der Waals surface area contributed by atoms with E-state index in [9.17, 15) is 10.2 Å². The van der Waals surface area contributed by atoms with E-state index < -0.39 is 0 Å². The number of likely N-dealkylation sites (N-methyl/N-ethyl adjacent to an activating group) is 1. The first kappa shape index (κ1) is 16.4. The Balaban J connectivity index is 1.76. The van der Waals surface area contributed by atoms with Gasteiger partial charge in [-0.05, 0) is 32.0 Å². The number of benzene rings is 1. The first-order chi connectivity index (χ1) is 10.2. The maximum Gasteiger partial charge on any atom is 0.0793 e. The molecule has 0 spiro atoms. The van der Waals surface area contributed by atoms with Crippen molar-refractivity contribution in [2.45, 2.75) is 38.0 Å². The first-order valence-corrected chi connectivity index (χ1v) is 7.94. The highest BCUT2D eigenvalue weighted by Gasteiger charge is 2.23. The van der Waals surface area contributed by atoms with E-state index in [2.05, 4.69) is 21.9 Å². The van der Waals surface area contributed by atoms with Gasteiger partial charge in [0.25, 0.3) is 0 Å². The second-order valence-corrected chi connectivity index (χ2v) is 6.16. The lowest BCUT2D eigenvalue weighted by Gasteiger charge is -2.36. The van der Waals surface area contributed by atoms with Crippen LogP contribution in [0.2, 0.25) is 0 Å². The molecule has 1 aliphatic heterocycles. The molecule has 2 rings (SSSR count). The number of likely N-dealkylation sites (tertiary alicyclic amines) is 1. The monoisotopic (exact) mass is 292 g/mol. The molecule has 0 aromatic heterocycles. The summed E-state index contributed by atoms with van der Waals surface area (Å²) >= 11 is 0. The lowest BCUT2D eigenvalue weighted by atomic mass is 10.0. The van der Waals surface area contributed by atoms with E-state index in [1.54, 1.807) is 0 Å². The normalized spacial score (nSPS) is 21.6. The Kier molecular flexibility index (Phi) is 6.64. The molecule has 4 heteroatoms. The Labute approximate surface area is 128 Å². The topological polar surface area (TPSA) is 46.9 Å². The maximum atomic E-state index is 10.3. The lowest BCUT2D eigenvalue weighted by Crippen LogP contribution is -2.47. The van der Waals surface area contributed by atoms with Gasteiger partial charge in [0.1, 0.15) is 0 Å². The van der Waals surface area contributed by atoms with Gasteiger partial charge >= 0.3 is 0 Å². The van der Waals surface area contributed by atoms with Gasteiger partial charge in [-0.15, -0.1) is 0 Å². The molecule has 0 radical (unpaired) electrons. The molecular weight excluding hydrogens is 264 g/mol. The molecule has 1 saturated heterocycles. The molecule has 21 heavy (non-hydrogen) atoms. The second kappa shape index (κ2) is 8.49. The summed E-state index contributed by atoms with van der Waals surface area (Å²) in [6.45, 7) is 3.35. The van der Waals surface area contributed by atoms with E-state index in [0.717, 1.165) is 19.5 Å². The van der Waals surface area contributed by atoms with Gasteiger partial charge in [-0.1, -0.05) is 36.8 Å². The molecule has 1 unspecified atom stereocenters. The highest BCUT2D eigenvalue weighted by molar-refractivity contribution is 5.14. The average molecular weight is 292 g/mol. The summed E-state index contributed by atoms with van der Waals surface area (Å²) < 4.78 is 0. The Bertz CT molecular complexity index is 399. The molecule has 1 heterocycles. The van der Waals surface area contributed by atoms with E-state index in [1.807, 2.05) is 25.2 Å². The molecule has 118 valence electrons. The summed E-state index contributed by atoms with van der Waals surface area (Å²) in [6, 6.07) is 10.5. The van der Waals surface area contributed by atoms with Crippen molar-refractivity contribution in [3.05, 3.63) is 35.9 Å². The zero-order chi connectivity index (χ0) is 15.1. The van der Waals surface area contributed by atoms with E-state index in [4.69, 9.17) is 0 Å². The summed E-state index contributed by atoms with van der Waals surface area (Å²) in [5, 5.41) is 19.7. The third-order valence-electron chi connectivity index (χ3n) is 4.22. The lowest BCUT2D eigenvalue weighted by molar-refractivity contribution is 0.0294. The van der Waals surface area contributed by atoms with Crippen LogP contribution in [-0.2, 0) is 6.54 Å². The van der Waals surface area contributed by atoms with Crippen LogP contribution in [0.4, 0.5) is 0 Å². The summed E-state index contributed by atoms with van der Waals surface area (Å²) in [4.78, 5) is 4.39. The van der Waals surface area contributed by atoms with Crippen LogP contribution in [0, 0.1) is 0 Å². The fourth-order valence-electron chi connectivity index (χ4n) is 3.15. The van der Waals surface area contributed by atoms with Crippen LogP contribution < -0.4 is 0 Å². The van der Waals surface area contributed by atoms with E-state index >= 15 is 0 Å². The highest BCUT2D eigenvalue weighted by Crippen LogP contribution is 2.17. The van der Waals surface area contributed by atoms with Gasteiger partial charge in [0.2, 0.25) is 0 Å². The molecule has 2 atom stereocenters. The van der Waals surface area contributed by atoms with Crippen LogP contribution in [0.3, 0.4) is 0 Å². The van der Waals surface area contributed by atoms with Crippen molar-refractivity contribution in [1.82, 2.24) is 9.80 Å². The molecule has 0 amide bonds. The molecular formula is C17H28N2O2. The minimum Gasteiger partial charge on any atom is -0.395 e. The van der Waals surface area contributed by atoms with Crippen LogP contribution in [0.25, 0.3) is 0 Å². The van der Waals surface area contributed by atoms with Crippen molar-refractivity contribution in [2.75, 3.05) is 33.3 Å². The predicted molar refractivity (Wildman–Crippen MR) is 85.1 cm³/mol. The first-order valence-electron chi connectivity index (χ1n) is 7.94. The van der Waals surface area contributed by atoms with Crippen LogP contribution in [0.5, 0.6) is 0 Å². The number of aliphatic hydroxyl groups is 2. The van der Waals surface area contributed by atoms with E-state index in [0.29, 0.717) is 13.1 Å². The van der Waals surface area contributed by atoms with Crippen molar-refractivity contribution in [3.8, 4) is 0 Å². The molecule has 0 aliphatic carbocycles. The highest BCUT2D eigenvalue weighted by atomic mass is 16.3. The molecule has 0 bridgehead atoms. The van der Waals surface area contributed by atoms with Crippen molar-refractivity contribution in [3.63, 3.8) is 0 Å².